The van der Waals surface area contributed by atoms with Gasteiger partial charge in [0.05, 0.1) is 21.3 Å². The lowest BCUT2D eigenvalue weighted by atomic mass is 10.1. The van der Waals surface area contributed by atoms with E-state index < -0.39 is 5.91 Å². The van der Waals surface area contributed by atoms with Crippen molar-refractivity contribution in [1.29, 1.82) is 0 Å². The first-order chi connectivity index (χ1) is 9.38. The number of rotatable bonds is 2. The van der Waals surface area contributed by atoms with Crippen LogP contribution in [0.2, 0.25) is 15.1 Å². The lowest BCUT2D eigenvalue weighted by Gasteiger charge is -2.11. The average Bonchev–Trinajstić information content (AvgIpc) is 2.36. The predicted octanol–water partition coefficient (Wildman–Crippen LogP) is 4.31. The highest BCUT2D eigenvalue weighted by Gasteiger charge is 2.16. The summed E-state index contributed by atoms with van der Waals surface area (Å²) in [4.78, 5) is 12.0. The number of phenols is 2. The predicted molar refractivity (Wildman–Crippen MR) is 79.2 cm³/mol. The van der Waals surface area contributed by atoms with Gasteiger partial charge in [-0.2, -0.15) is 0 Å². The number of anilines is 1. The highest BCUT2D eigenvalue weighted by molar-refractivity contribution is 6.42. The molecule has 0 atom stereocenters. The Bertz CT molecular complexity index is 666. The Hall–Kier alpha value is -1.62. The van der Waals surface area contributed by atoms with Crippen LogP contribution in [0.1, 0.15) is 10.4 Å². The molecule has 2 aromatic rings. The summed E-state index contributed by atoms with van der Waals surface area (Å²) in [5.41, 5.74) is 0.0672. The van der Waals surface area contributed by atoms with E-state index in [0.29, 0.717) is 5.02 Å². The molecule has 2 aromatic carbocycles. The molecular weight excluding hydrogens is 325 g/mol. The Morgan fingerprint density at radius 2 is 1.60 bits per heavy atom. The number of amides is 1. The molecule has 0 aliphatic rings. The van der Waals surface area contributed by atoms with Gasteiger partial charge >= 0.3 is 0 Å². The van der Waals surface area contributed by atoms with Crippen LogP contribution >= 0.6 is 34.8 Å². The van der Waals surface area contributed by atoms with Gasteiger partial charge in [0.2, 0.25) is 0 Å². The van der Waals surface area contributed by atoms with Crippen LogP contribution in [0.5, 0.6) is 11.5 Å². The molecule has 1 amide bonds. The first-order valence-electron chi connectivity index (χ1n) is 5.36. The summed E-state index contributed by atoms with van der Waals surface area (Å²) in [6.07, 6.45) is 0. The maximum absolute atomic E-state index is 12.0. The van der Waals surface area contributed by atoms with Crippen molar-refractivity contribution in [3.8, 4) is 11.5 Å². The zero-order valence-electron chi connectivity index (χ0n) is 9.82. The zero-order valence-corrected chi connectivity index (χ0v) is 12.1. The van der Waals surface area contributed by atoms with Crippen LogP contribution in [0.3, 0.4) is 0 Å². The van der Waals surface area contributed by atoms with Gasteiger partial charge in [-0.05, 0) is 30.3 Å². The monoisotopic (exact) mass is 331 g/mol. The Labute approximate surface area is 129 Å². The van der Waals surface area contributed by atoms with Crippen LogP contribution in [0.15, 0.2) is 30.3 Å². The number of benzene rings is 2. The van der Waals surface area contributed by atoms with Crippen molar-refractivity contribution in [2.24, 2.45) is 0 Å². The summed E-state index contributed by atoms with van der Waals surface area (Å²) in [6.45, 7) is 0. The van der Waals surface area contributed by atoms with E-state index in [4.69, 9.17) is 34.8 Å². The van der Waals surface area contributed by atoms with Crippen molar-refractivity contribution in [3.05, 3.63) is 51.0 Å². The van der Waals surface area contributed by atoms with Gasteiger partial charge in [0.25, 0.3) is 5.91 Å². The summed E-state index contributed by atoms with van der Waals surface area (Å²) in [6, 6.07) is 6.44. The van der Waals surface area contributed by atoms with E-state index in [9.17, 15) is 15.0 Å². The van der Waals surface area contributed by atoms with Crippen LogP contribution in [0.25, 0.3) is 0 Å². The van der Waals surface area contributed by atoms with Crippen LogP contribution in [-0.4, -0.2) is 16.1 Å². The maximum Gasteiger partial charge on any atom is 0.259 e. The molecule has 20 heavy (non-hydrogen) atoms. The quantitative estimate of drug-likeness (QED) is 0.718. The Morgan fingerprint density at radius 3 is 2.20 bits per heavy atom. The number of nitrogens with one attached hydrogen (secondary N) is 1. The number of carbonyl (C=O) groups is 1. The van der Waals surface area contributed by atoms with Crippen LogP contribution in [-0.2, 0) is 0 Å². The van der Waals surface area contributed by atoms with Gasteiger partial charge in [-0.1, -0.05) is 34.8 Å². The molecule has 0 aliphatic heterocycles. The molecule has 4 nitrogen and oxygen atoms in total. The van der Waals surface area contributed by atoms with Gasteiger partial charge in [0, 0.05) is 5.02 Å². The van der Waals surface area contributed by atoms with Crippen molar-refractivity contribution in [2.75, 3.05) is 5.32 Å². The molecule has 0 saturated heterocycles. The molecule has 0 saturated carbocycles. The first kappa shape index (κ1) is 14.8. The van der Waals surface area contributed by atoms with Crippen molar-refractivity contribution < 1.29 is 15.0 Å². The van der Waals surface area contributed by atoms with Gasteiger partial charge in [0.1, 0.15) is 11.5 Å². The van der Waals surface area contributed by atoms with Crippen LogP contribution in [0, 0.1) is 0 Å². The SMILES string of the molecule is O=C(Nc1c(Cl)cc(Cl)cc1Cl)c1cc(O)ccc1O. The molecule has 0 fully saturated rings. The first-order valence-corrected chi connectivity index (χ1v) is 6.49. The third kappa shape index (κ3) is 3.10. The number of halogens is 3. The number of aromatic hydroxyl groups is 2. The van der Waals surface area contributed by atoms with E-state index in [1.54, 1.807) is 0 Å². The molecule has 7 heteroatoms. The van der Waals surface area contributed by atoms with E-state index in [1.807, 2.05) is 0 Å². The fraction of sp³-hybridized carbons (Fsp3) is 0. The minimum Gasteiger partial charge on any atom is -0.508 e. The number of carbonyl (C=O) groups excluding carboxylic acids is 1. The summed E-state index contributed by atoms with van der Waals surface area (Å²) < 4.78 is 0. The number of phenolic OH excluding ortho intramolecular Hbond substituents is 2. The second kappa shape index (κ2) is 5.79. The topological polar surface area (TPSA) is 69.6 Å². The van der Waals surface area contributed by atoms with E-state index in [-0.39, 0.29) is 32.8 Å². The number of hydrogen-bond donors (Lipinski definition) is 3. The Balaban J connectivity index is 2.35. The molecule has 0 bridgehead atoms. The second-order valence-electron chi connectivity index (χ2n) is 3.90. The molecule has 0 aliphatic carbocycles. The summed E-state index contributed by atoms with van der Waals surface area (Å²) in [7, 11) is 0. The van der Waals surface area contributed by atoms with Crippen molar-refractivity contribution in [3.63, 3.8) is 0 Å². The zero-order chi connectivity index (χ0) is 14.9. The minimum atomic E-state index is -0.662. The fourth-order valence-corrected chi connectivity index (χ4v) is 2.46. The van der Waals surface area contributed by atoms with Crippen molar-refractivity contribution in [1.82, 2.24) is 0 Å². The Kier molecular flexibility index (Phi) is 4.28. The fourth-order valence-electron chi connectivity index (χ4n) is 1.55. The molecule has 3 N–H and O–H groups in total. The normalized spacial score (nSPS) is 10.3. The molecule has 0 radical (unpaired) electrons. The lowest BCUT2D eigenvalue weighted by molar-refractivity contribution is 0.102. The largest absolute Gasteiger partial charge is 0.508 e. The maximum atomic E-state index is 12.0. The van der Waals surface area contributed by atoms with Gasteiger partial charge in [-0.25, -0.2) is 0 Å². The standard InChI is InChI=1S/C13H8Cl3NO3/c14-6-3-9(15)12(10(16)4-6)17-13(20)8-5-7(18)1-2-11(8)19/h1-5,18-19H,(H,17,20). The van der Waals surface area contributed by atoms with E-state index in [0.717, 1.165) is 6.07 Å². The third-order valence-electron chi connectivity index (χ3n) is 2.47. The molecule has 104 valence electrons. The summed E-state index contributed by atoms with van der Waals surface area (Å²) >= 11 is 17.7. The molecule has 0 spiro atoms. The highest BCUT2D eigenvalue weighted by atomic mass is 35.5. The van der Waals surface area contributed by atoms with Gasteiger partial charge in [0.15, 0.2) is 0 Å². The minimum absolute atomic E-state index is 0.105. The second-order valence-corrected chi connectivity index (χ2v) is 5.15. The molecule has 0 aromatic heterocycles. The summed E-state index contributed by atoms with van der Waals surface area (Å²) in [5, 5.41) is 22.1. The van der Waals surface area contributed by atoms with E-state index >= 15 is 0 Å². The van der Waals surface area contributed by atoms with Gasteiger partial charge in [-0.15, -0.1) is 0 Å². The lowest BCUT2D eigenvalue weighted by Crippen LogP contribution is -2.12. The highest BCUT2D eigenvalue weighted by Crippen LogP contribution is 2.34. The molecular formula is C13H8Cl3NO3. The number of hydrogen-bond acceptors (Lipinski definition) is 3. The van der Waals surface area contributed by atoms with Crippen molar-refractivity contribution in [2.45, 2.75) is 0 Å². The van der Waals surface area contributed by atoms with Crippen molar-refractivity contribution >= 4 is 46.4 Å². The molecule has 0 unspecified atom stereocenters. The smallest absolute Gasteiger partial charge is 0.259 e. The molecule has 2 rings (SSSR count). The summed E-state index contributed by atoms with van der Waals surface area (Å²) in [5.74, 6) is -1.09. The Morgan fingerprint density at radius 1 is 1.00 bits per heavy atom. The van der Waals surface area contributed by atoms with Gasteiger partial charge in [-0.3, -0.25) is 4.79 Å². The van der Waals surface area contributed by atoms with Crippen LogP contribution < -0.4 is 5.32 Å². The van der Waals surface area contributed by atoms with Crippen LogP contribution in [0.4, 0.5) is 5.69 Å². The average molecular weight is 333 g/mol. The van der Waals surface area contributed by atoms with E-state index in [2.05, 4.69) is 5.32 Å². The third-order valence-corrected chi connectivity index (χ3v) is 3.28. The molecule has 0 heterocycles. The van der Waals surface area contributed by atoms with Gasteiger partial charge < -0.3 is 15.5 Å². The van der Waals surface area contributed by atoms with E-state index in [1.165, 1.54) is 24.3 Å².